The number of carbonyl (C=O) groups is 1. The smallest absolute Gasteiger partial charge is 0.449 e. The third-order valence-corrected chi connectivity index (χ3v) is 2.49. The van der Waals surface area contributed by atoms with Crippen molar-refractivity contribution in [3.63, 3.8) is 0 Å². The summed E-state index contributed by atoms with van der Waals surface area (Å²) >= 11 is 0. The number of ketones is 1. The molecule has 3 nitrogen and oxygen atoms in total. The Bertz CT molecular complexity index is 587. The van der Waals surface area contributed by atoms with Gasteiger partial charge in [0.15, 0.2) is 5.78 Å². The van der Waals surface area contributed by atoms with Crippen LogP contribution in [0.2, 0.25) is 0 Å². The SMILES string of the molecule is NCCC(=O)c1ccc2oc(C(F)(F)F)cc2c1. The van der Waals surface area contributed by atoms with Gasteiger partial charge in [0, 0.05) is 17.4 Å². The lowest BCUT2D eigenvalue weighted by Gasteiger charge is -1.99. The van der Waals surface area contributed by atoms with Crippen LogP contribution in [-0.4, -0.2) is 12.3 Å². The Morgan fingerprint density at radius 1 is 1.28 bits per heavy atom. The zero-order valence-electron chi connectivity index (χ0n) is 9.25. The summed E-state index contributed by atoms with van der Waals surface area (Å²) in [6, 6.07) is 5.05. The largest absolute Gasteiger partial charge is 0.452 e. The molecule has 0 atom stereocenters. The van der Waals surface area contributed by atoms with Crippen molar-refractivity contribution in [1.29, 1.82) is 0 Å². The highest BCUT2D eigenvalue weighted by Gasteiger charge is 2.35. The summed E-state index contributed by atoms with van der Waals surface area (Å²) in [4.78, 5) is 11.6. The Morgan fingerprint density at radius 2 is 2.00 bits per heavy atom. The van der Waals surface area contributed by atoms with Gasteiger partial charge in [-0.3, -0.25) is 4.79 Å². The molecule has 0 unspecified atom stereocenters. The molecule has 0 fully saturated rings. The first-order valence-corrected chi connectivity index (χ1v) is 5.26. The number of fused-ring (bicyclic) bond motifs is 1. The first kappa shape index (κ1) is 12.6. The maximum Gasteiger partial charge on any atom is 0.449 e. The van der Waals surface area contributed by atoms with Gasteiger partial charge in [0.25, 0.3) is 0 Å². The summed E-state index contributed by atoms with van der Waals surface area (Å²) in [6.07, 6.45) is -4.37. The third-order valence-electron chi connectivity index (χ3n) is 2.49. The minimum atomic E-state index is -4.53. The van der Waals surface area contributed by atoms with Crippen molar-refractivity contribution in [2.24, 2.45) is 5.73 Å². The van der Waals surface area contributed by atoms with E-state index < -0.39 is 11.9 Å². The van der Waals surface area contributed by atoms with Crippen LogP contribution in [0.25, 0.3) is 11.0 Å². The molecule has 0 aliphatic rings. The fourth-order valence-corrected chi connectivity index (χ4v) is 1.63. The second-order valence-corrected chi connectivity index (χ2v) is 3.82. The van der Waals surface area contributed by atoms with Gasteiger partial charge in [-0.05, 0) is 30.8 Å². The minimum Gasteiger partial charge on any atom is -0.452 e. The van der Waals surface area contributed by atoms with Crippen LogP contribution in [0.4, 0.5) is 13.2 Å². The van der Waals surface area contributed by atoms with E-state index in [1.54, 1.807) is 0 Å². The highest BCUT2D eigenvalue weighted by Crippen LogP contribution is 2.34. The van der Waals surface area contributed by atoms with Crippen LogP contribution < -0.4 is 5.73 Å². The summed E-state index contributed by atoms with van der Waals surface area (Å²) in [5, 5.41) is 0.255. The Balaban J connectivity index is 2.43. The summed E-state index contributed by atoms with van der Waals surface area (Å²) in [6.45, 7) is 0.204. The topological polar surface area (TPSA) is 56.2 Å². The van der Waals surface area contributed by atoms with Crippen LogP contribution in [-0.2, 0) is 6.18 Å². The average molecular weight is 257 g/mol. The van der Waals surface area contributed by atoms with Gasteiger partial charge >= 0.3 is 6.18 Å². The quantitative estimate of drug-likeness (QED) is 0.860. The number of halogens is 3. The van der Waals surface area contributed by atoms with Gasteiger partial charge < -0.3 is 10.2 Å². The van der Waals surface area contributed by atoms with Crippen LogP contribution in [0.15, 0.2) is 28.7 Å². The maximum atomic E-state index is 12.4. The van der Waals surface area contributed by atoms with E-state index in [-0.39, 0.29) is 29.7 Å². The van der Waals surface area contributed by atoms with Crippen LogP contribution in [0.1, 0.15) is 22.5 Å². The molecule has 0 radical (unpaired) electrons. The van der Waals surface area contributed by atoms with E-state index in [2.05, 4.69) is 4.42 Å². The number of hydrogen-bond acceptors (Lipinski definition) is 3. The molecule has 0 spiro atoms. The molecule has 18 heavy (non-hydrogen) atoms. The Labute approximate surface area is 100 Å². The highest BCUT2D eigenvalue weighted by atomic mass is 19.4. The van der Waals surface area contributed by atoms with Crippen molar-refractivity contribution in [2.75, 3.05) is 6.54 Å². The Morgan fingerprint density at radius 3 is 2.61 bits per heavy atom. The molecule has 1 aromatic carbocycles. The number of alkyl halides is 3. The molecule has 0 saturated carbocycles. The minimum absolute atomic E-state index is 0.103. The first-order valence-electron chi connectivity index (χ1n) is 5.26. The van der Waals surface area contributed by atoms with Gasteiger partial charge in [-0.25, -0.2) is 0 Å². The van der Waals surface area contributed by atoms with Gasteiger partial charge in [0.1, 0.15) is 5.58 Å². The zero-order chi connectivity index (χ0) is 13.3. The summed E-state index contributed by atoms with van der Waals surface area (Å²) < 4.78 is 42.0. The van der Waals surface area contributed by atoms with Crippen LogP contribution in [0.5, 0.6) is 0 Å². The Hall–Kier alpha value is -1.82. The number of Topliss-reactive ketones (excluding diaryl/α,β-unsaturated/α-hetero) is 1. The van der Waals surface area contributed by atoms with E-state index in [1.807, 2.05) is 0 Å². The maximum absolute atomic E-state index is 12.4. The molecule has 0 saturated heterocycles. The fraction of sp³-hybridized carbons (Fsp3) is 0.250. The number of rotatable bonds is 3. The van der Waals surface area contributed by atoms with Crippen molar-refractivity contribution in [2.45, 2.75) is 12.6 Å². The van der Waals surface area contributed by atoms with Crippen molar-refractivity contribution >= 4 is 16.8 Å². The lowest BCUT2D eigenvalue weighted by molar-refractivity contribution is -0.152. The van der Waals surface area contributed by atoms with E-state index in [0.717, 1.165) is 6.07 Å². The third kappa shape index (κ3) is 2.38. The molecule has 0 aliphatic heterocycles. The first-order chi connectivity index (χ1) is 8.41. The Kier molecular flexibility index (Phi) is 3.13. The van der Waals surface area contributed by atoms with Gasteiger partial charge in [-0.15, -0.1) is 0 Å². The fourth-order valence-electron chi connectivity index (χ4n) is 1.63. The van der Waals surface area contributed by atoms with Gasteiger partial charge in [-0.2, -0.15) is 13.2 Å². The molecule has 2 N–H and O–H groups in total. The lowest BCUT2D eigenvalue weighted by Crippen LogP contribution is -2.07. The number of benzene rings is 1. The predicted octanol–water partition coefficient (Wildman–Crippen LogP) is 2.98. The molecular formula is C12H10F3NO2. The lowest BCUT2D eigenvalue weighted by atomic mass is 10.1. The zero-order valence-corrected chi connectivity index (χ0v) is 9.25. The molecule has 0 amide bonds. The van der Waals surface area contributed by atoms with E-state index in [1.165, 1.54) is 18.2 Å². The standard InChI is InChI=1S/C12H10F3NO2/c13-12(14,15)11-6-8-5-7(9(17)3-4-16)1-2-10(8)18-11/h1-2,5-6H,3-4,16H2. The highest BCUT2D eigenvalue weighted by molar-refractivity contribution is 5.99. The van der Waals surface area contributed by atoms with Crippen molar-refractivity contribution < 1.29 is 22.4 Å². The molecular weight excluding hydrogens is 247 g/mol. The van der Waals surface area contributed by atoms with Crippen molar-refractivity contribution in [3.8, 4) is 0 Å². The molecule has 0 aliphatic carbocycles. The van der Waals surface area contributed by atoms with E-state index in [0.29, 0.717) is 5.56 Å². The van der Waals surface area contributed by atoms with E-state index >= 15 is 0 Å². The normalized spacial score (nSPS) is 12.0. The monoisotopic (exact) mass is 257 g/mol. The molecule has 96 valence electrons. The average Bonchev–Trinajstić information content (AvgIpc) is 2.71. The van der Waals surface area contributed by atoms with Gasteiger partial charge in [0.2, 0.25) is 5.76 Å². The van der Waals surface area contributed by atoms with Crippen molar-refractivity contribution in [1.82, 2.24) is 0 Å². The van der Waals surface area contributed by atoms with Crippen molar-refractivity contribution in [3.05, 3.63) is 35.6 Å². The summed E-state index contributed by atoms with van der Waals surface area (Å²) in [7, 11) is 0. The molecule has 1 aromatic heterocycles. The van der Waals surface area contributed by atoms with Crippen LogP contribution in [0, 0.1) is 0 Å². The number of furan rings is 1. The summed E-state index contributed by atoms with van der Waals surface area (Å²) in [5.41, 5.74) is 5.69. The predicted molar refractivity (Wildman–Crippen MR) is 59.2 cm³/mol. The van der Waals surface area contributed by atoms with Crippen LogP contribution in [0.3, 0.4) is 0 Å². The molecule has 2 rings (SSSR count). The number of carbonyl (C=O) groups excluding carboxylic acids is 1. The van der Waals surface area contributed by atoms with Crippen LogP contribution >= 0.6 is 0 Å². The second-order valence-electron chi connectivity index (χ2n) is 3.82. The second kappa shape index (κ2) is 4.45. The molecule has 0 bridgehead atoms. The molecule has 2 aromatic rings. The number of hydrogen-bond donors (Lipinski definition) is 1. The molecule has 1 heterocycles. The summed E-state index contributed by atoms with van der Waals surface area (Å²) in [5.74, 6) is -1.27. The van der Waals surface area contributed by atoms with E-state index in [9.17, 15) is 18.0 Å². The molecule has 6 heteroatoms. The van der Waals surface area contributed by atoms with E-state index in [4.69, 9.17) is 5.73 Å². The number of nitrogens with two attached hydrogens (primary N) is 1. The van der Waals surface area contributed by atoms with Gasteiger partial charge in [0.05, 0.1) is 0 Å². The van der Waals surface area contributed by atoms with Gasteiger partial charge in [-0.1, -0.05) is 0 Å².